The molecule has 0 amide bonds. The van der Waals surface area contributed by atoms with Crippen LogP contribution in [0.4, 0.5) is 0 Å². The molecule has 0 saturated carbocycles. The first-order valence-corrected chi connectivity index (χ1v) is 7.74. The number of hydrogen-bond donors (Lipinski definition) is 2. The molecule has 1 aromatic rings. The number of nitrogens with zero attached hydrogens (tertiary/aromatic N) is 1. The van der Waals surface area contributed by atoms with E-state index < -0.39 is 0 Å². The Bertz CT molecular complexity index is 370. The summed E-state index contributed by atoms with van der Waals surface area (Å²) in [6.45, 7) is 3.05. The third-order valence-corrected chi connectivity index (χ3v) is 5.01. The minimum atomic E-state index is 0.281. The van der Waals surface area contributed by atoms with Gasteiger partial charge in [0.05, 0.1) is 10.4 Å². The Morgan fingerprint density at radius 1 is 1.56 bits per heavy atom. The Morgan fingerprint density at radius 3 is 3.00 bits per heavy atom. The summed E-state index contributed by atoms with van der Waals surface area (Å²) >= 11 is 7.63. The molecule has 0 radical (unpaired) electrons. The van der Waals surface area contributed by atoms with Crippen LogP contribution in [0.25, 0.3) is 0 Å². The second-order valence-corrected chi connectivity index (χ2v) is 6.66. The summed E-state index contributed by atoms with van der Waals surface area (Å²) in [7, 11) is 0. The highest BCUT2D eigenvalue weighted by molar-refractivity contribution is 7.16. The first-order valence-electron chi connectivity index (χ1n) is 6.54. The molecule has 1 fully saturated rings. The van der Waals surface area contributed by atoms with Crippen LogP contribution in [0.5, 0.6) is 0 Å². The summed E-state index contributed by atoms with van der Waals surface area (Å²) < 4.78 is 0.826. The van der Waals surface area contributed by atoms with Gasteiger partial charge in [-0.15, -0.1) is 11.3 Å². The Balaban J connectivity index is 2.03. The molecule has 1 aliphatic heterocycles. The molecule has 18 heavy (non-hydrogen) atoms. The lowest BCUT2D eigenvalue weighted by molar-refractivity contribution is 0.111. The zero-order valence-electron chi connectivity index (χ0n) is 10.5. The van der Waals surface area contributed by atoms with E-state index in [2.05, 4.69) is 11.0 Å². The molecule has 3 N–H and O–H groups in total. The van der Waals surface area contributed by atoms with Crippen LogP contribution in [-0.2, 0) is 0 Å². The van der Waals surface area contributed by atoms with Crippen molar-refractivity contribution in [3.63, 3.8) is 0 Å². The molecule has 1 saturated heterocycles. The monoisotopic (exact) mass is 288 g/mol. The third kappa shape index (κ3) is 3.45. The van der Waals surface area contributed by atoms with Crippen LogP contribution in [0.15, 0.2) is 12.1 Å². The van der Waals surface area contributed by atoms with Crippen molar-refractivity contribution in [2.75, 3.05) is 26.2 Å². The van der Waals surface area contributed by atoms with E-state index in [0.29, 0.717) is 12.5 Å². The van der Waals surface area contributed by atoms with E-state index >= 15 is 0 Å². The molecule has 1 aromatic heterocycles. The van der Waals surface area contributed by atoms with Crippen LogP contribution in [0.2, 0.25) is 4.34 Å². The molecule has 2 heterocycles. The highest BCUT2D eigenvalue weighted by Crippen LogP contribution is 2.33. The van der Waals surface area contributed by atoms with Gasteiger partial charge in [0.2, 0.25) is 0 Å². The van der Waals surface area contributed by atoms with Gasteiger partial charge in [-0.2, -0.15) is 0 Å². The summed E-state index contributed by atoms with van der Waals surface area (Å²) in [5.41, 5.74) is 5.94. The number of hydrogen-bond acceptors (Lipinski definition) is 4. The molecule has 2 atom stereocenters. The van der Waals surface area contributed by atoms with Gasteiger partial charge in [0.15, 0.2) is 0 Å². The lowest BCUT2D eigenvalue weighted by Crippen LogP contribution is -2.41. The van der Waals surface area contributed by atoms with Crippen molar-refractivity contribution in [3.8, 4) is 0 Å². The summed E-state index contributed by atoms with van der Waals surface area (Å²) in [4.78, 5) is 3.71. The number of halogens is 1. The first kappa shape index (κ1) is 14.3. The van der Waals surface area contributed by atoms with Crippen LogP contribution in [0.3, 0.4) is 0 Å². The van der Waals surface area contributed by atoms with Crippen molar-refractivity contribution in [2.45, 2.75) is 25.3 Å². The van der Waals surface area contributed by atoms with Crippen molar-refractivity contribution in [3.05, 3.63) is 21.3 Å². The zero-order valence-corrected chi connectivity index (χ0v) is 12.1. The standard InChI is InChI=1S/C13H21ClN2OS/c14-13-4-3-12(18-13)11(8-15)16-6-1-2-10(9-16)5-7-17/h3-4,10-11,17H,1-2,5-9,15H2. The van der Waals surface area contributed by atoms with Gasteiger partial charge < -0.3 is 10.8 Å². The normalized spacial score (nSPS) is 23.2. The fourth-order valence-corrected chi connectivity index (χ4v) is 3.96. The second kappa shape index (κ2) is 6.87. The van der Waals surface area contributed by atoms with Crippen molar-refractivity contribution in [2.24, 2.45) is 11.7 Å². The van der Waals surface area contributed by atoms with Gasteiger partial charge in [-0.1, -0.05) is 11.6 Å². The minimum absolute atomic E-state index is 0.281. The third-order valence-electron chi connectivity index (χ3n) is 3.67. The Hall–Kier alpha value is -0.130. The molecule has 102 valence electrons. The number of thiophene rings is 1. The topological polar surface area (TPSA) is 49.5 Å². The van der Waals surface area contributed by atoms with Crippen LogP contribution >= 0.6 is 22.9 Å². The van der Waals surface area contributed by atoms with Crippen LogP contribution in [0, 0.1) is 5.92 Å². The molecule has 3 nitrogen and oxygen atoms in total. The van der Waals surface area contributed by atoms with Gasteiger partial charge in [-0.25, -0.2) is 0 Å². The maximum absolute atomic E-state index is 9.06. The smallest absolute Gasteiger partial charge is 0.0931 e. The predicted molar refractivity (Wildman–Crippen MR) is 77.1 cm³/mol. The van der Waals surface area contributed by atoms with Crippen LogP contribution < -0.4 is 5.73 Å². The van der Waals surface area contributed by atoms with E-state index in [1.165, 1.54) is 17.7 Å². The van der Waals surface area contributed by atoms with E-state index in [-0.39, 0.29) is 12.6 Å². The van der Waals surface area contributed by atoms with Crippen molar-refractivity contribution in [1.82, 2.24) is 4.90 Å². The highest BCUT2D eigenvalue weighted by atomic mass is 35.5. The summed E-state index contributed by atoms with van der Waals surface area (Å²) in [5.74, 6) is 0.605. The van der Waals surface area contributed by atoms with Gasteiger partial charge in [0.25, 0.3) is 0 Å². The number of aliphatic hydroxyl groups is 1. The van der Waals surface area contributed by atoms with Crippen LogP contribution in [0.1, 0.15) is 30.2 Å². The van der Waals surface area contributed by atoms with Gasteiger partial charge >= 0.3 is 0 Å². The molecule has 2 unspecified atom stereocenters. The van der Waals surface area contributed by atoms with Crippen molar-refractivity contribution in [1.29, 1.82) is 0 Å². The molecule has 0 spiro atoms. The average molecular weight is 289 g/mol. The molecule has 0 bridgehead atoms. The quantitative estimate of drug-likeness (QED) is 0.875. The molecule has 1 aliphatic rings. The van der Waals surface area contributed by atoms with E-state index in [1.54, 1.807) is 11.3 Å². The van der Waals surface area contributed by atoms with Crippen molar-refractivity contribution >= 4 is 22.9 Å². The lowest BCUT2D eigenvalue weighted by atomic mass is 9.94. The van der Waals surface area contributed by atoms with Gasteiger partial charge in [0.1, 0.15) is 0 Å². The second-order valence-electron chi connectivity index (χ2n) is 4.91. The summed E-state index contributed by atoms with van der Waals surface area (Å²) in [6, 6.07) is 4.31. The Morgan fingerprint density at radius 2 is 2.39 bits per heavy atom. The minimum Gasteiger partial charge on any atom is -0.396 e. The Labute approximate surface area is 118 Å². The maximum Gasteiger partial charge on any atom is 0.0931 e. The molecular formula is C13H21ClN2OS. The number of aliphatic hydroxyl groups excluding tert-OH is 1. The SMILES string of the molecule is NCC(c1ccc(Cl)s1)N1CCCC(CCO)C1. The zero-order chi connectivity index (χ0) is 13.0. The average Bonchev–Trinajstić information content (AvgIpc) is 2.78. The van der Waals surface area contributed by atoms with E-state index in [0.717, 1.165) is 23.8 Å². The van der Waals surface area contributed by atoms with Gasteiger partial charge in [-0.3, -0.25) is 4.90 Å². The first-order chi connectivity index (χ1) is 8.74. The number of rotatable bonds is 5. The van der Waals surface area contributed by atoms with E-state index in [4.69, 9.17) is 22.4 Å². The van der Waals surface area contributed by atoms with E-state index in [9.17, 15) is 0 Å². The predicted octanol–water partition coefficient (Wildman–Crippen LogP) is 2.50. The van der Waals surface area contributed by atoms with Crippen LogP contribution in [-0.4, -0.2) is 36.2 Å². The molecule has 0 aliphatic carbocycles. The Kier molecular flexibility index (Phi) is 5.45. The lowest BCUT2D eigenvalue weighted by Gasteiger charge is -2.37. The highest BCUT2D eigenvalue weighted by Gasteiger charge is 2.26. The van der Waals surface area contributed by atoms with Gasteiger partial charge in [0, 0.05) is 24.6 Å². The fourth-order valence-electron chi connectivity index (χ4n) is 2.75. The molecule has 5 heteroatoms. The molecular weight excluding hydrogens is 268 g/mol. The maximum atomic E-state index is 9.06. The number of likely N-dealkylation sites (tertiary alicyclic amines) is 1. The van der Waals surface area contributed by atoms with E-state index in [1.807, 2.05) is 6.07 Å². The van der Waals surface area contributed by atoms with Crippen molar-refractivity contribution < 1.29 is 5.11 Å². The molecule has 0 aromatic carbocycles. The van der Waals surface area contributed by atoms with Gasteiger partial charge in [-0.05, 0) is 43.9 Å². The molecule has 2 rings (SSSR count). The largest absolute Gasteiger partial charge is 0.396 e. The fraction of sp³-hybridized carbons (Fsp3) is 0.692. The summed E-state index contributed by atoms with van der Waals surface area (Å²) in [5, 5.41) is 9.06. The summed E-state index contributed by atoms with van der Waals surface area (Å²) in [6.07, 6.45) is 3.32. The number of nitrogens with two attached hydrogens (primary N) is 1. The number of piperidine rings is 1.